The van der Waals surface area contributed by atoms with Crippen LogP contribution in [0.1, 0.15) is 59.2 Å². The summed E-state index contributed by atoms with van der Waals surface area (Å²) in [5, 5.41) is 4.26. The molecular weight excluding hydrogens is 250 g/mol. The van der Waals surface area contributed by atoms with Crippen LogP contribution < -0.4 is 0 Å². The third kappa shape index (κ3) is 3.47. The molecule has 4 nitrogen and oxygen atoms in total. The van der Waals surface area contributed by atoms with Crippen molar-refractivity contribution in [2.24, 2.45) is 17.3 Å². The van der Waals surface area contributed by atoms with Crippen LogP contribution in [0.2, 0.25) is 0 Å². The summed E-state index contributed by atoms with van der Waals surface area (Å²) < 4.78 is 1.95. The maximum Gasteiger partial charge on any atom is 0.138 e. The zero-order chi connectivity index (χ0) is 14.8. The van der Waals surface area contributed by atoms with Gasteiger partial charge in [-0.3, -0.25) is 9.48 Å². The fourth-order valence-corrected chi connectivity index (χ4v) is 3.16. The molecule has 1 aromatic rings. The molecule has 0 amide bonds. The van der Waals surface area contributed by atoms with Crippen LogP contribution in [0.5, 0.6) is 0 Å². The molecule has 2 atom stereocenters. The third-order valence-electron chi connectivity index (χ3n) is 4.55. The Morgan fingerprint density at radius 3 is 2.80 bits per heavy atom. The predicted molar refractivity (Wildman–Crippen MR) is 79.3 cm³/mol. The van der Waals surface area contributed by atoms with Gasteiger partial charge in [-0.05, 0) is 30.6 Å². The van der Waals surface area contributed by atoms with E-state index in [1.165, 1.54) is 0 Å². The number of carbonyl (C=O) groups is 1. The number of hydrogen-bond donors (Lipinski definition) is 0. The third-order valence-corrected chi connectivity index (χ3v) is 4.55. The molecule has 0 N–H and O–H groups in total. The van der Waals surface area contributed by atoms with Gasteiger partial charge in [-0.15, -0.1) is 0 Å². The average Bonchev–Trinajstić information content (AvgIpc) is 2.79. The first-order valence-corrected chi connectivity index (χ1v) is 7.81. The SMILES string of the molecule is CCCn1ncnc1CC1CC(C(C)(C)C)CCC1=O. The lowest BCUT2D eigenvalue weighted by atomic mass is 9.68. The standard InChI is InChI=1S/C16H27N3O/c1-5-8-19-15(17-11-18-19)10-12-9-13(16(2,3)4)6-7-14(12)20/h11-13H,5-10H2,1-4H3. The minimum atomic E-state index is 0.132. The molecule has 1 fully saturated rings. The number of ketones is 1. The summed E-state index contributed by atoms with van der Waals surface area (Å²) in [5.41, 5.74) is 0.288. The molecule has 0 spiro atoms. The second-order valence-corrected chi connectivity index (χ2v) is 7.10. The van der Waals surface area contributed by atoms with Crippen molar-refractivity contribution in [3.63, 3.8) is 0 Å². The summed E-state index contributed by atoms with van der Waals surface area (Å²) in [6.07, 6.45) is 6.18. The lowest BCUT2D eigenvalue weighted by Crippen LogP contribution is -2.33. The molecule has 1 saturated carbocycles. The normalized spacial score (nSPS) is 24.1. The highest BCUT2D eigenvalue weighted by Crippen LogP contribution is 2.39. The molecule has 20 heavy (non-hydrogen) atoms. The summed E-state index contributed by atoms with van der Waals surface area (Å²) in [5.74, 6) is 2.15. The molecule has 112 valence electrons. The average molecular weight is 277 g/mol. The fourth-order valence-electron chi connectivity index (χ4n) is 3.16. The predicted octanol–water partition coefficient (Wildman–Crippen LogP) is 3.26. The molecule has 1 aliphatic carbocycles. The van der Waals surface area contributed by atoms with Crippen molar-refractivity contribution in [2.45, 2.75) is 66.3 Å². The van der Waals surface area contributed by atoms with Crippen molar-refractivity contribution in [3.05, 3.63) is 12.2 Å². The van der Waals surface area contributed by atoms with E-state index >= 15 is 0 Å². The molecule has 1 aromatic heterocycles. The van der Waals surface area contributed by atoms with Gasteiger partial charge in [0, 0.05) is 25.3 Å². The number of aromatic nitrogens is 3. The van der Waals surface area contributed by atoms with E-state index in [1.807, 2.05) is 4.68 Å². The Morgan fingerprint density at radius 1 is 1.40 bits per heavy atom. The summed E-state index contributed by atoms with van der Waals surface area (Å²) in [7, 11) is 0. The minimum absolute atomic E-state index is 0.132. The van der Waals surface area contributed by atoms with Crippen molar-refractivity contribution in [1.29, 1.82) is 0 Å². The maximum atomic E-state index is 12.2. The van der Waals surface area contributed by atoms with Gasteiger partial charge in [0.2, 0.25) is 0 Å². The first-order valence-electron chi connectivity index (χ1n) is 7.81. The smallest absolute Gasteiger partial charge is 0.138 e. The fraction of sp³-hybridized carbons (Fsp3) is 0.812. The molecule has 0 saturated heterocycles. The number of Topliss-reactive ketones (excluding diaryl/α,β-unsaturated/α-hetero) is 1. The molecular formula is C16H27N3O. The van der Waals surface area contributed by atoms with E-state index in [-0.39, 0.29) is 11.3 Å². The van der Waals surface area contributed by atoms with E-state index in [0.29, 0.717) is 11.7 Å². The van der Waals surface area contributed by atoms with Gasteiger partial charge in [-0.1, -0.05) is 27.7 Å². The van der Waals surface area contributed by atoms with Crippen molar-refractivity contribution >= 4 is 5.78 Å². The Kier molecular flexibility index (Phi) is 4.61. The molecule has 0 bridgehead atoms. The Bertz CT molecular complexity index is 459. The highest BCUT2D eigenvalue weighted by atomic mass is 16.1. The molecule has 1 aliphatic rings. The Balaban J connectivity index is 2.06. The van der Waals surface area contributed by atoms with Gasteiger partial charge in [0.15, 0.2) is 0 Å². The number of hydrogen-bond acceptors (Lipinski definition) is 3. The second kappa shape index (κ2) is 6.06. The van der Waals surface area contributed by atoms with Crippen LogP contribution >= 0.6 is 0 Å². The summed E-state index contributed by atoms with van der Waals surface area (Å²) >= 11 is 0. The van der Waals surface area contributed by atoms with Gasteiger partial charge in [0.25, 0.3) is 0 Å². The van der Waals surface area contributed by atoms with Gasteiger partial charge >= 0.3 is 0 Å². The minimum Gasteiger partial charge on any atom is -0.299 e. The van der Waals surface area contributed by atoms with E-state index < -0.39 is 0 Å². The number of nitrogens with zero attached hydrogens (tertiary/aromatic N) is 3. The van der Waals surface area contributed by atoms with Crippen LogP contribution in [0.15, 0.2) is 6.33 Å². The molecule has 2 unspecified atom stereocenters. The van der Waals surface area contributed by atoms with E-state index in [0.717, 1.165) is 44.5 Å². The molecule has 1 heterocycles. The van der Waals surface area contributed by atoms with Gasteiger partial charge in [0.1, 0.15) is 17.9 Å². The lowest BCUT2D eigenvalue weighted by molar-refractivity contribution is -0.126. The van der Waals surface area contributed by atoms with E-state index in [9.17, 15) is 4.79 Å². The highest BCUT2D eigenvalue weighted by molar-refractivity contribution is 5.81. The molecule has 2 rings (SSSR count). The van der Waals surface area contributed by atoms with Crippen molar-refractivity contribution < 1.29 is 4.79 Å². The van der Waals surface area contributed by atoms with Crippen LogP contribution in [0, 0.1) is 17.3 Å². The van der Waals surface area contributed by atoms with Crippen LogP contribution in [-0.4, -0.2) is 20.5 Å². The van der Waals surface area contributed by atoms with Crippen LogP contribution in [0.25, 0.3) is 0 Å². The van der Waals surface area contributed by atoms with Crippen LogP contribution in [0.4, 0.5) is 0 Å². The highest BCUT2D eigenvalue weighted by Gasteiger charge is 2.35. The van der Waals surface area contributed by atoms with Crippen molar-refractivity contribution in [2.75, 3.05) is 0 Å². The molecule has 0 radical (unpaired) electrons. The first kappa shape index (κ1) is 15.2. The topological polar surface area (TPSA) is 47.8 Å². The lowest BCUT2D eigenvalue weighted by Gasteiger charge is -2.36. The zero-order valence-electron chi connectivity index (χ0n) is 13.2. The number of rotatable bonds is 4. The van der Waals surface area contributed by atoms with E-state index in [1.54, 1.807) is 6.33 Å². The van der Waals surface area contributed by atoms with Crippen LogP contribution in [-0.2, 0) is 17.8 Å². The van der Waals surface area contributed by atoms with Crippen LogP contribution in [0.3, 0.4) is 0 Å². The van der Waals surface area contributed by atoms with Crippen molar-refractivity contribution in [3.8, 4) is 0 Å². The summed E-state index contributed by atoms with van der Waals surface area (Å²) in [4.78, 5) is 16.6. The Labute approximate surface area is 122 Å². The molecule has 0 aromatic carbocycles. The Morgan fingerprint density at radius 2 is 2.15 bits per heavy atom. The number of carbonyl (C=O) groups excluding carboxylic acids is 1. The largest absolute Gasteiger partial charge is 0.299 e. The summed E-state index contributed by atoms with van der Waals surface area (Å²) in [6.45, 7) is 9.87. The zero-order valence-corrected chi connectivity index (χ0v) is 13.2. The monoisotopic (exact) mass is 277 g/mol. The van der Waals surface area contributed by atoms with Gasteiger partial charge in [0.05, 0.1) is 0 Å². The van der Waals surface area contributed by atoms with Gasteiger partial charge < -0.3 is 0 Å². The van der Waals surface area contributed by atoms with Crippen molar-refractivity contribution in [1.82, 2.24) is 14.8 Å². The Hall–Kier alpha value is -1.19. The first-order chi connectivity index (χ1) is 9.41. The quantitative estimate of drug-likeness (QED) is 0.848. The maximum absolute atomic E-state index is 12.2. The number of aryl methyl sites for hydroxylation is 1. The molecule has 4 heteroatoms. The summed E-state index contributed by atoms with van der Waals surface area (Å²) in [6, 6.07) is 0. The van der Waals surface area contributed by atoms with E-state index in [4.69, 9.17) is 0 Å². The van der Waals surface area contributed by atoms with Gasteiger partial charge in [-0.25, -0.2) is 4.98 Å². The molecule has 0 aliphatic heterocycles. The second-order valence-electron chi connectivity index (χ2n) is 7.10. The van der Waals surface area contributed by atoms with E-state index in [2.05, 4.69) is 37.8 Å². The van der Waals surface area contributed by atoms with Gasteiger partial charge in [-0.2, -0.15) is 5.10 Å².